The Kier molecular flexibility index (Phi) is 6.76. The topological polar surface area (TPSA) is 51.6 Å². The number of aromatic nitrogens is 4. The Morgan fingerprint density at radius 2 is 1.02 bits per heavy atom. The number of pyridine rings is 4. The van der Waals surface area contributed by atoms with E-state index in [1.165, 1.54) is 11.1 Å². The number of fused-ring (bicyclic) bond motifs is 4. The SMILES string of the molecule is c1ccc(-c2ccc(-c3cc(-c4cnc5ccccc5c4)c4ccc5c(-c6ccc(-c7ccccn7)cc6)ccnc5c4n3)cc2)cc1. The minimum absolute atomic E-state index is 0.868. The Labute approximate surface area is 278 Å². The first-order chi connectivity index (χ1) is 23.8. The van der Waals surface area contributed by atoms with Gasteiger partial charge in [-0.3, -0.25) is 15.0 Å². The molecule has 0 unspecified atom stereocenters. The van der Waals surface area contributed by atoms with Gasteiger partial charge in [0, 0.05) is 51.4 Å². The maximum Gasteiger partial charge on any atom is 0.0978 e. The van der Waals surface area contributed by atoms with Gasteiger partial charge in [0.1, 0.15) is 0 Å². The quantitative estimate of drug-likeness (QED) is 0.181. The van der Waals surface area contributed by atoms with E-state index in [1.807, 2.05) is 55.0 Å². The van der Waals surface area contributed by atoms with E-state index in [9.17, 15) is 0 Å². The summed E-state index contributed by atoms with van der Waals surface area (Å²) < 4.78 is 0. The molecule has 0 atom stereocenters. The van der Waals surface area contributed by atoms with E-state index in [1.54, 1.807) is 0 Å². The molecule has 4 aromatic heterocycles. The first-order valence-electron chi connectivity index (χ1n) is 16.0. The van der Waals surface area contributed by atoms with Crippen molar-refractivity contribution in [1.82, 2.24) is 19.9 Å². The molecule has 0 bridgehead atoms. The highest BCUT2D eigenvalue weighted by atomic mass is 14.8. The molecule has 5 aromatic carbocycles. The minimum Gasteiger partial charge on any atom is -0.256 e. The second-order valence-corrected chi connectivity index (χ2v) is 11.9. The third-order valence-electron chi connectivity index (χ3n) is 9.04. The fourth-order valence-electron chi connectivity index (χ4n) is 6.58. The summed E-state index contributed by atoms with van der Waals surface area (Å²) in [6, 6.07) is 52.8. The normalized spacial score (nSPS) is 11.3. The number of hydrogen-bond acceptors (Lipinski definition) is 4. The molecule has 0 saturated carbocycles. The summed E-state index contributed by atoms with van der Waals surface area (Å²) in [5.74, 6) is 0. The molecule has 0 radical (unpaired) electrons. The van der Waals surface area contributed by atoms with Crippen molar-refractivity contribution < 1.29 is 0 Å². The van der Waals surface area contributed by atoms with Gasteiger partial charge < -0.3 is 0 Å². The zero-order valence-corrected chi connectivity index (χ0v) is 26.0. The predicted molar refractivity (Wildman–Crippen MR) is 197 cm³/mol. The van der Waals surface area contributed by atoms with E-state index >= 15 is 0 Å². The Morgan fingerprint density at radius 3 is 1.81 bits per heavy atom. The number of para-hydroxylation sites is 1. The van der Waals surface area contributed by atoms with Crippen LogP contribution in [0.3, 0.4) is 0 Å². The standard InChI is InChI=1S/C44H28N4/c1-2-8-29(9-3-1)30-13-17-33(18-14-30)42-27-39(35-26-34-10-4-5-11-41(34)47-28-35)38-22-21-37-36(23-25-46-43(37)44(38)48-42)31-15-19-32(20-16-31)40-12-6-7-24-45-40/h1-28H. The molecule has 0 aliphatic rings. The average molecular weight is 613 g/mol. The largest absolute Gasteiger partial charge is 0.256 e. The maximum absolute atomic E-state index is 5.32. The lowest BCUT2D eigenvalue weighted by Crippen LogP contribution is -1.94. The fraction of sp³-hybridized carbons (Fsp3) is 0. The summed E-state index contributed by atoms with van der Waals surface area (Å²) in [4.78, 5) is 19.6. The van der Waals surface area contributed by atoms with Gasteiger partial charge in [0.05, 0.1) is 27.9 Å². The maximum atomic E-state index is 5.32. The van der Waals surface area contributed by atoms with Crippen LogP contribution in [0.5, 0.6) is 0 Å². The lowest BCUT2D eigenvalue weighted by atomic mass is 9.94. The fourth-order valence-corrected chi connectivity index (χ4v) is 6.58. The van der Waals surface area contributed by atoms with Crippen LogP contribution in [0.4, 0.5) is 0 Å². The predicted octanol–water partition coefficient (Wildman–Crippen LogP) is 11.1. The third-order valence-corrected chi connectivity index (χ3v) is 9.04. The molecular formula is C44H28N4. The van der Waals surface area contributed by atoms with Crippen LogP contribution in [-0.2, 0) is 0 Å². The molecule has 9 aromatic rings. The van der Waals surface area contributed by atoms with Crippen LogP contribution in [0.25, 0.3) is 88.6 Å². The number of hydrogen-bond donors (Lipinski definition) is 0. The van der Waals surface area contributed by atoms with Crippen LogP contribution in [0.1, 0.15) is 0 Å². The molecule has 9 rings (SSSR count). The average Bonchev–Trinajstić information content (AvgIpc) is 3.18. The van der Waals surface area contributed by atoms with Crippen LogP contribution in [-0.4, -0.2) is 19.9 Å². The number of benzene rings is 5. The van der Waals surface area contributed by atoms with E-state index < -0.39 is 0 Å². The molecule has 0 N–H and O–H groups in total. The molecule has 0 saturated heterocycles. The highest BCUT2D eigenvalue weighted by Gasteiger charge is 2.16. The molecular weight excluding hydrogens is 585 g/mol. The second-order valence-electron chi connectivity index (χ2n) is 11.9. The van der Waals surface area contributed by atoms with Crippen molar-refractivity contribution in [1.29, 1.82) is 0 Å². The summed E-state index contributed by atoms with van der Waals surface area (Å²) in [5.41, 5.74) is 13.4. The highest BCUT2D eigenvalue weighted by Crippen LogP contribution is 2.38. The number of nitrogens with zero attached hydrogens (tertiary/aromatic N) is 4. The summed E-state index contributed by atoms with van der Waals surface area (Å²) in [6.45, 7) is 0. The molecule has 0 amide bonds. The molecule has 0 aliphatic carbocycles. The van der Waals surface area contributed by atoms with Crippen molar-refractivity contribution in [2.45, 2.75) is 0 Å². The van der Waals surface area contributed by atoms with E-state index in [4.69, 9.17) is 15.0 Å². The van der Waals surface area contributed by atoms with E-state index in [2.05, 4.69) is 120 Å². The van der Waals surface area contributed by atoms with Crippen LogP contribution < -0.4 is 0 Å². The van der Waals surface area contributed by atoms with Crippen LogP contribution in [0.2, 0.25) is 0 Å². The van der Waals surface area contributed by atoms with Crippen LogP contribution in [0, 0.1) is 0 Å². The van der Waals surface area contributed by atoms with E-state index in [-0.39, 0.29) is 0 Å². The Hall–Kier alpha value is -6.52. The second kappa shape index (κ2) is 11.7. The van der Waals surface area contributed by atoms with E-state index in [0.29, 0.717) is 0 Å². The molecule has 4 heteroatoms. The van der Waals surface area contributed by atoms with Crippen LogP contribution >= 0.6 is 0 Å². The monoisotopic (exact) mass is 612 g/mol. The molecule has 224 valence electrons. The van der Waals surface area contributed by atoms with Gasteiger partial charge in [-0.1, -0.05) is 115 Å². The van der Waals surface area contributed by atoms with Crippen LogP contribution in [0.15, 0.2) is 170 Å². The molecule has 4 nitrogen and oxygen atoms in total. The van der Waals surface area contributed by atoms with Gasteiger partial charge in [-0.2, -0.15) is 0 Å². The van der Waals surface area contributed by atoms with Crippen molar-refractivity contribution >= 4 is 32.7 Å². The number of rotatable bonds is 5. The Morgan fingerprint density at radius 1 is 0.354 bits per heavy atom. The van der Waals surface area contributed by atoms with Crippen molar-refractivity contribution in [3.8, 4) is 55.9 Å². The summed E-state index contributed by atoms with van der Waals surface area (Å²) >= 11 is 0. The molecule has 4 heterocycles. The summed E-state index contributed by atoms with van der Waals surface area (Å²) in [7, 11) is 0. The lowest BCUT2D eigenvalue weighted by molar-refractivity contribution is 1.33. The van der Waals surface area contributed by atoms with Crippen molar-refractivity contribution in [2.24, 2.45) is 0 Å². The van der Waals surface area contributed by atoms with Gasteiger partial charge in [0.15, 0.2) is 0 Å². The molecule has 48 heavy (non-hydrogen) atoms. The van der Waals surface area contributed by atoms with Crippen molar-refractivity contribution in [3.63, 3.8) is 0 Å². The summed E-state index contributed by atoms with van der Waals surface area (Å²) in [5, 5.41) is 3.20. The zero-order chi connectivity index (χ0) is 31.9. The van der Waals surface area contributed by atoms with Crippen molar-refractivity contribution in [2.75, 3.05) is 0 Å². The van der Waals surface area contributed by atoms with Gasteiger partial charge >= 0.3 is 0 Å². The van der Waals surface area contributed by atoms with Gasteiger partial charge in [0.2, 0.25) is 0 Å². The van der Waals surface area contributed by atoms with E-state index in [0.717, 1.165) is 77.5 Å². The minimum atomic E-state index is 0.868. The first-order valence-corrected chi connectivity index (χ1v) is 16.0. The highest BCUT2D eigenvalue weighted by molar-refractivity contribution is 6.12. The van der Waals surface area contributed by atoms with Crippen molar-refractivity contribution in [3.05, 3.63) is 170 Å². The van der Waals surface area contributed by atoms with Gasteiger partial charge in [-0.05, 0) is 64.2 Å². The smallest absolute Gasteiger partial charge is 0.0978 e. The zero-order valence-electron chi connectivity index (χ0n) is 26.0. The van der Waals surface area contributed by atoms with Gasteiger partial charge in [-0.25, -0.2) is 4.98 Å². The Bertz CT molecular complexity index is 2580. The molecule has 0 spiro atoms. The molecule has 0 fully saturated rings. The first kappa shape index (κ1) is 27.8. The van der Waals surface area contributed by atoms with Gasteiger partial charge in [0.25, 0.3) is 0 Å². The molecule has 0 aliphatic heterocycles. The summed E-state index contributed by atoms with van der Waals surface area (Å²) in [6.07, 6.45) is 5.69. The van der Waals surface area contributed by atoms with Gasteiger partial charge in [-0.15, -0.1) is 0 Å². The third kappa shape index (κ3) is 4.97. The Balaban J connectivity index is 1.23. The lowest BCUT2D eigenvalue weighted by Gasteiger charge is -2.14.